The van der Waals surface area contributed by atoms with Crippen molar-refractivity contribution in [2.45, 2.75) is 25.4 Å². The number of hydrogen-bond donors (Lipinski definition) is 2. The fourth-order valence-corrected chi connectivity index (χ4v) is 3.85. The molecule has 2 aromatic rings. The molecule has 2 heterocycles. The van der Waals surface area contributed by atoms with Gasteiger partial charge in [-0.05, 0) is 25.0 Å². The van der Waals surface area contributed by atoms with Crippen molar-refractivity contribution in [1.29, 1.82) is 0 Å². The highest BCUT2D eigenvalue weighted by Gasteiger charge is 2.24. The molecule has 1 aliphatic heterocycles. The number of hydrogen-bond acceptors (Lipinski definition) is 1. The summed E-state index contributed by atoms with van der Waals surface area (Å²) in [6.07, 6.45) is 0.589. The summed E-state index contributed by atoms with van der Waals surface area (Å²) in [5.74, 6) is 0. The summed E-state index contributed by atoms with van der Waals surface area (Å²) < 4.78 is 2.95. The Kier molecular flexibility index (Phi) is 3.60. The Bertz CT molecular complexity index is 714. The van der Waals surface area contributed by atoms with Crippen molar-refractivity contribution in [1.82, 2.24) is 9.88 Å². The third-order valence-corrected chi connectivity index (χ3v) is 5.02. The van der Waals surface area contributed by atoms with Gasteiger partial charge in [-0.2, -0.15) is 0 Å². The van der Waals surface area contributed by atoms with Gasteiger partial charge in [-0.1, -0.05) is 39.1 Å². The first-order valence-electron chi connectivity index (χ1n) is 6.12. The van der Waals surface area contributed by atoms with Crippen LogP contribution in [0, 0.1) is 0 Å². The van der Waals surface area contributed by atoms with Crippen LogP contribution in [0.2, 0.25) is 10.0 Å². The minimum Gasteiger partial charge on any atom is -0.465 e. The summed E-state index contributed by atoms with van der Waals surface area (Å²) in [4.78, 5) is 10.8. The number of rotatable bonds is 1. The molecule has 0 saturated carbocycles. The maximum absolute atomic E-state index is 10.8. The van der Waals surface area contributed by atoms with Crippen molar-refractivity contribution in [3.8, 4) is 0 Å². The van der Waals surface area contributed by atoms with E-state index < -0.39 is 6.09 Å². The lowest BCUT2D eigenvalue weighted by molar-refractivity contribution is 0.186. The number of halogens is 3. The van der Waals surface area contributed by atoms with E-state index in [4.69, 9.17) is 28.3 Å². The van der Waals surface area contributed by atoms with Gasteiger partial charge >= 0.3 is 6.09 Å². The molecule has 0 radical (unpaired) electrons. The largest absolute Gasteiger partial charge is 0.465 e. The van der Waals surface area contributed by atoms with E-state index in [9.17, 15) is 4.79 Å². The quantitative estimate of drug-likeness (QED) is 0.728. The van der Waals surface area contributed by atoms with E-state index in [0.29, 0.717) is 16.6 Å². The number of fused-ring (bicyclic) bond motifs is 3. The Morgan fingerprint density at radius 2 is 2.20 bits per heavy atom. The van der Waals surface area contributed by atoms with E-state index in [1.807, 2.05) is 0 Å². The average Bonchev–Trinajstić information content (AvgIpc) is 2.74. The molecule has 0 bridgehead atoms. The van der Waals surface area contributed by atoms with Gasteiger partial charge in [0.1, 0.15) is 0 Å². The Balaban J connectivity index is 2.13. The van der Waals surface area contributed by atoms with Crippen LogP contribution in [0.3, 0.4) is 0 Å². The third kappa shape index (κ3) is 2.28. The lowest BCUT2D eigenvalue weighted by Gasteiger charge is -2.25. The van der Waals surface area contributed by atoms with Gasteiger partial charge in [-0.15, -0.1) is 0 Å². The van der Waals surface area contributed by atoms with Crippen molar-refractivity contribution in [2.24, 2.45) is 0 Å². The van der Waals surface area contributed by atoms with Gasteiger partial charge in [0.25, 0.3) is 0 Å². The first-order chi connectivity index (χ1) is 9.47. The van der Waals surface area contributed by atoms with Gasteiger partial charge < -0.3 is 15.0 Å². The molecule has 1 atom stereocenters. The smallest absolute Gasteiger partial charge is 0.404 e. The molecule has 2 N–H and O–H groups in total. The summed E-state index contributed by atoms with van der Waals surface area (Å²) in [6.45, 7) is 0.567. The maximum atomic E-state index is 10.8. The molecule has 7 heteroatoms. The zero-order valence-electron chi connectivity index (χ0n) is 10.3. The van der Waals surface area contributed by atoms with E-state index in [2.05, 4.69) is 31.9 Å². The number of nitrogens with one attached hydrogen (secondary N) is 1. The molecule has 0 spiro atoms. The second-order valence-electron chi connectivity index (χ2n) is 4.85. The van der Waals surface area contributed by atoms with Crippen molar-refractivity contribution < 1.29 is 9.90 Å². The summed E-state index contributed by atoms with van der Waals surface area (Å²) in [7, 11) is 0. The summed E-state index contributed by atoms with van der Waals surface area (Å²) >= 11 is 15.9. The van der Waals surface area contributed by atoms with Crippen molar-refractivity contribution >= 4 is 56.1 Å². The topological polar surface area (TPSA) is 54.3 Å². The number of aromatic nitrogens is 1. The van der Waals surface area contributed by atoms with Crippen LogP contribution in [0.1, 0.15) is 12.1 Å². The number of benzene rings is 1. The molecule has 1 unspecified atom stereocenters. The summed E-state index contributed by atoms with van der Waals surface area (Å²) in [6, 6.07) is 3.76. The molecule has 0 aliphatic carbocycles. The minimum absolute atomic E-state index is 0.107. The molecule has 1 aliphatic rings. The van der Waals surface area contributed by atoms with Crippen LogP contribution in [0.4, 0.5) is 4.79 Å². The molecule has 1 aromatic heterocycles. The predicted molar refractivity (Wildman–Crippen MR) is 82.9 cm³/mol. The lowest BCUT2D eigenvalue weighted by atomic mass is 10.1. The van der Waals surface area contributed by atoms with E-state index in [1.54, 1.807) is 6.07 Å². The van der Waals surface area contributed by atoms with Crippen molar-refractivity contribution in [2.75, 3.05) is 0 Å². The van der Waals surface area contributed by atoms with Crippen LogP contribution in [0.25, 0.3) is 10.9 Å². The van der Waals surface area contributed by atoms with Crippen molar-refractivity contribution in [3.63, 3.8) is 0 Å². The lowest BCUT2D eigenvalue weighted by Crippen LogP contribution is -2.40. The van der Waals surface area contributed by atoms with Crippen LogP contribution >= 0.6 is 39.1 Å². The molecule has 0 fully saturated rings. The SMILES string of the molecule is O=C(O)NC1CCc2cc3c(Br)cc(Cl)c(Cl)c3n2C1. The van der Waals surface area contributed by atoms with Crippen LogP contribution in [-0.2, 0) is 13.0 Å². The predicted octanol–water partition coefficient (Wildman–Crippen LogP) is 4.29. The first-order valence-corrected chi connectivity index (χ1v) is 7.67. The molecule has 20 heavy (non-hydrogen) atoms. The Labute approximate surface area is 133 Å². The molecule has 1 aromatic carbocycles. The number of aryl methyl sites for hydroxylation is 1. The van der Waals surface area contributed by atoms with E-state index >= 15 is 0 Å². The Hall–Kier alpha value is -0.910. The second-order valence-corrected chi connectivity index (χ2v) is 6.49. The highest BCUT2D eigenvalue weighted by atomic mass is 79.9. The van der Waals surface area contributed by atoms with Crippen LogP contribution in [-0.4, -0.2) is 21.8 Å². The third-order valence-electron chi connectivity index (χ3n) is 3.59. The first kappa shape index (κ1) is 14.0. The fourth-order valence-electron chi connectivity index (χ4n) is 2.73. The second kappa shape index (κ2) is 5.13. The van der Waals surface area contributed by atoms with E-state index in [0.717, 1.165) is 33.9 Å². The van der Waals surface area contributed by atoms with Crippen molar-refractivity contribution in [3.05, 3.63) is 32.3 Å². The van der Waals surface area contributed by atoms with Gasteiger partial charge in [-0.25, -0.2) is 4.79 Å². The number of carbonyl (C=O) groups is 1. The molecule has 1 amide bonds. The van der Waals surface area contributed by atoms with Gasteiger partial charge in [0.15, 0.2) is 0 Å². The summed E-state index contributed by atoms with van der Waals surface area (Å²) in [5.41, 5.74) is 2.01. The van der Waals surface area contributed by atoms with Crippen LogP contribution in [0.5, 0.6) is 0 Å². The minimum atomic E-state index is -1.000. The number of nitrogens with zero attached hydrogens (tertiary/aromatic N) is 1. The van der Waals surface area contributed by atoms with Gasteiger partial charge in [0.05, 0.1) is 21.6 Å². The fraction of sp³-hybridized carbons (Fsp3) is 0.308. The molecule has 0 saturated heterocycles. The highest BCUT2D eigenvalue weighted by molar-refractivity contribution is 9.10. The van der Waals surface area contributed by atoms with Gasteiger partial charge in [0, 0.05) is 22.1 Å². The van der Waals surface area contributed by atoms with E-state index in [-0.39, 0.29) is 6.04 Å². The zero-order valence-corrected chi connectivity index (χ0v) is 13.4. The highest BCUT2D eigenvalue weighted by Crippen LogP contribution is 2.39. The van der Waals surface area contributed by atoms with Gasteiger partial charge in [0.2, 0.25) is 0 Å². The normalized spacial score (nSPS) is 18.1. The molecule has 3 rings (SSSR count). The average molecular weight is 378 g/mol. The number of amides is 1. The van der Waals surface area contributed by atoms with E-state index in [1.165, 1.54) is 0 Å². The van der Waals surface area contributed by atoms with Gasteiger partial charge in [-0.3, -0.25) is 0 Å². The Morgan fingerprint density at radius 1 is 1.45 bits per heavy atom. The molecular weight excluding hydrogens is 367 g/mol. The van der Waals surface area contributed by atoms with Crippen LogP contribution in [0.15, 0.2) is 16.6 Å². The number of carboxylic acid groups (broad SMARTS) is 1. The molecule has 4 nitrogen and oxygen atoms in total. The molecule has 106 valence electrons. The molecular formula is C13H11BrCl2N2O2. The standard InChI is InChI=1S/C13H11BrCl2N2O2/c14-9-4-10(15)11(16)12-8(9)3-7-2-1-6(5-18(7)12)17-13(19)20/h3-4,6,17H,1-2,5H2,(H,19,20). The Morgan fingerprint density at radius 3 is 2.90 bits per heavy atom. The van der Waals surface area contributed by atoms with Crippen LogP contribution < -0.4 is 5.32 Å². The monoisotopic (exact) mass is 376 g/mol. The zero-order chi connectivity index (χ0) is 14.4. The summed E-state index contributed by atoms with van der Waals surface area (Å²) in [5, 5.41) is 13.4. The maximum Gasteiger partial charge on any atom is 0.404 e.